The fourth-order valence-corrected chi connectivity index (χ4v) is 2.15. The molecule has 2 rings (SSSR count). The zero-order valence-electron chi connectivity index (χ0n) is 12.6. The van der Waals surface area contributed by atoms with E-state index in [1.165, 1.54) is 13.1 Å². The van der Waals surface area contributed by atoms with Crippen LogP contribution in [0.3, 0.4) is 0 Å². The Kier molecular flexibility index (Phi) is 5.54. The fraction of sp³-hybridized carbons (Fsp3) is 0.333. The van der Waals surface area contributed by atoms with Crippen molar-refractivity contribution in [1.29, 1.82) is 0 Å². The predicted molar refractivity (Wildman–Crippen MR) is 83.4 cm³/mol. The summed E-state index contributed by atoms with van der Waals surface area (Å²) in [5.74, 6) is -0.0303. The van der Waals surface area contributed by atoms with Crippen molar-refractivity contribution in [3.63, 3.8) is 0 Å². The SMILES string of the molecule is CCCOc1ccc(NC(=O)c2cc(C(F)F)nn2C)cc1Cl. The summed E-state index contributed by atoms with van der Waals surface area (Å²) in [4.78, 5) is 12.1. The van der Waals surface area contributed by atoms with Crippen molar-refractivity contribution >= 4 is 23.2 Å². The van der Waals surface area contributed by atoms with Crippen LogP contribution in [0.4, 0.5) is 14.5 Å². The number of rotatable bonds is 6. The molecule has 0 aliphatic heterocycles. The summed E-state index contributed by atoms with van der Waals surface area (Å²) < 4.78 is 31.8. The van der Waals surface area contributed by atoms with Gasteiger partial charge in [0.1, 0.15) is 17.1 Å². The number of hydrogen-bond donors (Lipinski definition) is 1. The van der Waals surface area contributed by atoms with Gasteiger partial charge in [-0.3, -0.25) is 9.48 Å². The summed E-state index contributed by atoms with van der Waals surface area (Å²) in [6, 6.07) is 5.86. The summed E-state index contributed by atoms with van der Waals surface area (Å²) in [6.07, 6.45) is -1.88. The van der Waals surface area contributed by atoms with E-state index in [9.17, 15) is 13.6 Å². The highest BCUT2D eigenvalue weighted by Gasteiger charge is 2.18. The molecule has 1 N–H and O–H groups in total. The van der Waals surface area contributed by atoms with Gasteiger partial charge in [0.15, 0.2) is 0 Å². The van der Waals surface area contributed by atoms with Crippen LogP contribution in [-0.4, -0.2) is 22.3 Å². The van der Waals surface area contributed by atoms with Gasteiger partial charge in [0.05, 0.1) is 11.6 Å². The van der Waals surface area contributed by atoms with Crippen molar-refractivity contribution in [2.75, 3.05) is 11.9 Å². The van der Waals surface area contributed by atoms with E-state index in [0.717, 1.165) is 17.2 Å². The van der Waals surface area contributed by atoms with E-state index in [-0.39, 0.29) is 5.69 Å². The Bertz CT molecular complexity index is 704. The number of nitrogens with one attached hydrogen (secondary N) is 1. The lowest BCUT2D eigenvalue weighted by Gasteiger charge is -2.09. The van der Waals surface area contributed by atoms with Gasteiger partial charge in [0.25, 0.3) is 12.3 Å². The molecule has 0 saturated heterocycles. The third-order valence-corrected chi connectivity index (χ3v) is 3.30. The third-order valence-electron chi connectivity index (χ3n) is 3.01. The number of nitrogens with zero attached hydrogens (tertiary/aromatic N) is 2. The second-order valence-electron chi connectivity index (χ2n) is 4.83. The minimum absolute atomic E-state index is 0.0303. The minimum Gasteiger partial charge on any atom is -0.492 e. The van der Waals surface area contributed by atoms with Gasteiger partial charge in [-0.2, -0.15) is 5.10 Å². The van der Waals surface area contributed by atoms with Crippen molar-refractivity contribution in [2.45, 2.75) is 19.8 Å². The topological polar surface area (TPSA) is 56.1 Å². The van der Waals surface area contributed by atoms with Gasteiger partial charge in [0, 0.05) is 12.7 Å². The van der Waals surface area contributed by atoms with Gasteiger partial charge in [0.2, 0.25) is 0 Å². The molecular weight excluding hydrogens is 328 g/mol. The highest BCUT2D eigenvalue weighted by molar-refractivity contribution is 6.32. The number of amides is 1. The Labute approximate surface area is 137 Å². The molecule has 0 aliphatic carbocycles. The molecule has 0 bridgehead atoms. The predicted octanol–water partition coefficient (Wildman–Crippen LogP) is 4.05. The third kappa shape index (κ3) is 4.19. The Morgan fingerprint density at radius 3 is 2.74 bits per heavy atom. The van der Waals surface area contributed by atoms with Crippen molar-refractivity contribution in [2.24, 2.45) is 7.05 Å². The molecule has 0 unspecified atom stereocenters. The monoisotopic (exact) mass is 343 g/mol. The molecule has 8 heteroatoms. The first-order valence-electron chi connectivity index (χ1n) is 6.98. The lowest BCUT2D eigenvalue weighted by atomic mass is 10.2. The number of hydrogen-bond acceptors (Lipinski definition) is 3. The largest absolute Gasteiger partial charge is 0.492 e. The summed E-state index contributed by atoms with van der Waals surface area (Å²) in [6.45, 7) is 2.51. The highest BCUT2D eigenvalue weighted by Crippen LogP contribution is 2.28. The Balaban J connectivity index is 2.12. The maximum Gasteiger partial charge on any atom is 0.282 e. The zero-order chi connectivity index (χ0) is 17.0. The molecule has 23 heavy (non-hydrogen) atoms. The lowest BCUT2D eigenvalue weighted by Crippen LogP contribution is -2.16. The lowest BCUT2D eigenvalue weighted by molar-refractivity contribution is 0.101. The molecule has 0 spiro atoms. The van der Waals surface area contributed by atoms with Crippen LogP contribution in [0, 0.1) is 0 Å². The first kappa shape index (κ1) is 17.2. The van der Waals surface area contributed by atoms with Crippen molar-refractivity contribution in [3.8, 4) is 5.75 Å². The van der Waals surface area contributed by atoms with Gasteiger partial charge >= 0.3 is 0 Å². The Hall–Kier alpha value is -2.15. The highest BCUT2D eigenvalue weighted by atomic mass is 35.5. The number of carbonyl (C=O) groups excluding carboxylic acids is 1. The molecule has 5 nitrogen and oxygen atoms in total. The van der Waals surface area contributed by atoms with Crippen LogP contribution in [0.5, 0.6) is 5.75 Å². The van der Waals surface area contributed by atoms with Gasteiger partial charge < -0.3 is 10.1 Å². The van der Waals surface area contributed by atoms with E-state index < -0.39 is 18.0 Å². The number of anilines is 1. The van der Waals surface area contributed by atoms with Gasteiger partial charge in [-0.15, -0.1) is 0 Å². The number of benzene rings is 1. The van der Waals surface area contributed by atoms with E-state index in [2.05, 4.69) is 10.4 Å². The zero-order valence-corrected chi connectivity index (χ0v) is 13.4. The average Bonchev–Trinajstić information content (AvgIpc) is 2.89. The number of halogens is 3. The number of aromatic nitrogens is 2. The van der Waals surface area contributed by atoms with Crippen LogP contribution in [-0.2, 0) is 7.05 Å². The molecule has 1 aromatic heterocycles. The number of aryl methyl sites for hydroxylation is 1. The molecule has 1 aromatic carbocycles. The van der Waals surface area contributed by atoms with Crippen LogP contribution >= 0.6 is 11.6 Å². The molecule has 1 amide bonds. The summed E-state index contributed by atoms with van der Waals surface area (Å²) in [7, 11) is 1.43. The molecule has 124 valence electrons. The van der Waals surface area contributed by atoms with Crippen LogP contribution in [0.25, 0.3) is 0 Å². The molecule has 0 atom stereocenters. The van der Waals surface area contributed by atoms with Crippen molar-refractivity contribution in [1.82, 2.24) is 9.78 Å². The summed E-state index contributed by atoms with van der Waals surface area (Å²) >= 11 is 6.08. The Morgan fingerprint density at radius 1 is 1.43 bits per heavy atom. The van der Waals surface area contributed by atoms with Crippen molar-refractivity contribution < 1.29 is 18.3 Å². The maximum atomic E-state index is 12.6. The first-order chi connectivity index (χ1) is 10.9. The molecule has 0 fully saturated rings. The molecule has 2 aromatic rings. The summed E-state index contributed by atoms with van der Waals surface area (Å²) in [5, 5.41) is 6.54. The van der Waals surface area contributed by atoms with Crippen molar-refractivity contribution in [3.05, 3.63) is 40.7 Å². The van der Waals surface area contributed by atoms with Gasteiger partial charge in [-0.25, -0.2) is 8.78 Å². The average molecular weight is 344 g/mol. The molecule has 0 saturated carbocycles. The van der Waals surface area contributed by atoms with Crippen LogP contribution in [0.1, 0.15) is 36.0 Å². The van der Waals surface area contributed by atoms with Gasteiger partial charge in [-0.05, 0) is 30.7 Å². The molecule has 1 heterocycles. The van der Waals surface area contributed by atoms with Gasteiger partial charge in [-0.1, -0.05) is 18.5 Å². The Morgan fingerprint density at radius 2 is 2.17 bits per heavy atom. The normalized spacial score (nSPS) is 10.9. The smallest absolute Gasteiger partial charge is 0.282 e. The summed E-state index contributed by atoms with van der Waals surface area (Å²) in [5.41, 5.74) is 0.0189. The number of ether oxygens (including phenoxy) is 1. The van der Waals surface area contributed by atoms with Crippen LogP contribution in [0.2, 0.25) is 5.02 Å². The maximum absolute atomic E-state index is 12.6. The molecule has 0 radical (unpaired) electrons. The second-order valence-corrected chi connectivity index (χ2v) is 5.23. The van der Waals surface area contributed by atoms with E-state index >= 15 is 0 Å². The molecule has 0 aliphatic rings. The molecular formula is C15H16ClF2N3O2. The minimum atomic E-state index is -2.73. The second kappa shape index (κ2) is 7.41. The van der Waals surface area contributed by atoms with Crippen LogP contribution in [0.15, 0.2) is 24.3 Å². The fourth-order valence-electron chi connectivity index (χ4n) is 1.91. The number of carbonyl (C=O) groups is 1. The number of alkyl halides is 2. The van der Waals surface area contributed by atoms with Crippen LogP contribution < -0.4 is 10.1 Å². The van der Waals surface area contributed by atoms with E-state index in [1.54, 1.807) is 12.1 Å². The van der Waals surface area contributed by atoms with E-state index in [0.29, 0.717) is 23.1 Å². The first-order valence-corrected chi connectivity index (χ1v) is 7.36. The standard InChI is InChI=1S/C15H16ClF2N3O2/c1-3-6-23-13-5-4-9(7-10(13)16)19-15(22)12-8-11(14(17)18)20-21(12)2/h4-5,7-8,14H,3,6H2,1-2H3,(H,19,22). The van der Waals surface area contributed by atoms with E-state index in [4.69, 9.17) is 16.3 Å². The van der Waals surface area contributed by atoms with E-state index in [1.807, 2.05) is 6.92 Å². The quantitative estimate of drug-likeness (QED) is 0.860.